The van der Waals surface area contributed by atoms with E-state index >= 15 is 0 Å². The lowest BCUT2D eigenvalue weighted by molar-refractivity contribution is -0.386. The topological polar surface area (TPSA) is 56.0 Å². The Balaban J connectivity index is 3.45. The van der Waals surface area contributed by atoms with Crippen LogP contribution in [-0.4, -0.2) is 9.91 Å². The molecule has 0 aliphatic heterocycles. The van der Waals surface area contributed by atoms with E-state index in [9.17, 15) is 18.9 Å². The molecule has 76 valence electrons. The van der Waals surface area contributed by atoms with Gasteiger partial charge in [-0.25, -0.2) is 13.8 Å². The second-order valence-corrected chi connectivity index (χ2v) is 4.32. The maximum Gasteiger partial charge on any atom is 0.297 e. The monoisotopic (exact) mass is 426 g/mol. The van der Waals surface area contributed by atoms with E-state index in [0.717, 1.165) is 6.20 Å². The zero-order valence-corrected chi connectivity index (χ0v) is 10.7. The molecule has 0 saturated carbocycles. The van der Waals surface area contributed by atoms with Crippen LogP contribution in [0.4, 0.5) is 14.5 Å². The Kier molecular flexibility index (Phi) is 3.92. The number of aromatic nitrogens is 1. The van der Waals surface area contributed by atoms with Gasteiger partial charge in [0.25, 0.3) is 12.1 Å². The van der Waals surface area contributed by atoms with Gasteiger partial charge in [0.2, 0.25) is 0 Å². The van der Waals surface area contributed by atoms with Crippen LogP contribution in [0, 0.1) is 17.4 Å². The van der Waals surface area contributed by atoms with Crippen molar-refractivity contribution in [1.29, 1.82) is 0 Å². The van der Waals surface area contributed by atoms with Crippen LogP contribution in [0.2, 0.25) is 0 Å². The van der Waals surface area contributed by atoms with Crippen molar-refractivity contribution in [3.8, 4) is 0 Å². The number of alkyl halides is 2. The van der Waals surface area contributed by atoms with Gasteiger partial charge < -0.3 is 0 Å². The molecule has 4 nitrogen and oxygen atoms in total. The molecule has 0 aliphatic rings. The molecule has 0 fully saturated rings. The molecule has 0 radical (unpaired) electrons. The molecule has 0 N–H and O–H groups in total. The summed E-state index contributed by atoms with van der Waals surface area (Å²) in [7, 11) is 0. The van der Waals surface area contributed by atoms with Gasteiger partial charge in [0.1, 0.15) is 15.5 Å². The van der Waals surface area contributed by atoms with E-state index in [0.29, 0.717) is 3.70 Å². The van der Waals surface area contributed by atoms with Crippen molar-refractivity contribution in [3.63, 3.8) is 0 Å². The predicted octanol–water partition coefficient (Wildman–Crippen LogP) is 3.14. The fraction of sp³-hybridized carbons (Fsp3) is 0.167. The van der Waals surface area contributed by atoms with Crippen molar-refractivity contribution in [2.24, 2.45) is 0 Å². The number of halogens is 4. The first kappa shape index (κ1) is 11.9. The summed E-state index contributed by atoms with van der Waals surface area (Å²) in [4.78, 5) is 13.2. The maximum absolute atomic E-state index is 12.5. The fourth-order valence-electron chi connectivity index (χ4n) is 0.821. The second kappa shape index (κ2) is 4.59. The van der Waals surface area contributed by atoms with Crippen molar-refractivity contribution in [2.75, 3.05) is 0 Å². The molecule has 0 bridgehead atoms. The molecule has 1 rings (SSSR count). The van der Waals surface area contributed by atoms with Gasteiger partial charge in [0.05, 0.1) is 8.49 Å². The van der Waals surface area contributed by atoms with Gasteiger partial charge in [-0.15, -0.1) is 0 Å². The lowest BCUT2D eigenvalue weighted by Crippen LogP contribution is -2.02. The molecule has 0 unspecified atom stereocenters. The van der Waals surface area contributed by atoms with E-state index in [-0.39, 0.29) is 3.57 Å². The summed E-state index contributed by atoms with van der Waals surface area (Å²) < 4.78 is 25.4. The van der Waals surface area contributed by atoms with Crippen LogP contribution in [0.1, 0.15) is 12.0 Å². The number of hydrogen-bond donors (Lipinski definition) is 0. The van der Waals surface area contributed by atoms with Crippen LogP contribution in [0.3, 0.4) is 0 Å². The number of pyridine rings is 1. The Morgan fingerprint density at radius 1 is 1.50 bits per heavy atom. The van der Waals surface area contributed by atoms with Crippen LogP contribution in [-0.2, 0) is 0 Å². The molecule has 0 amide bonds. The van der Waals surface area contributed by atoms with Crippen LogP contribution in [0.5, 0.6) is 0 Å². The van der Waals surface area contributed by atoms with Gasteiger partial charge in [-0.05, 0) is 45.2 Å². The highest BCUT2D eigenvalue weighted by Crippen LogP contribution is 2.33. The van der Waals surface area contributed by atoms with Crippen molar-refractivity contribution < 1.29 is 13.7 Å². The molecule has 0 spiro atoms. The Labute approximate surface area is 105 Å². The highest BCUT2D eigenvalue weighted by Gasteiger charge is 2.26. The van der Waals surface area contributed by atoms with Crippen LogP contribution in [0.25, 0.3) is 0 Å². The van der Waals surface area contributed by atoms with Crippen molar-refractivity contribution >= 4 is 50.9 Å². The minimum Gasteiger partial charge on any atom is -0.258 e. The molecule has 0 atom stereocenters. The quantitative estimate of drug-likeness (QED) is 0.316. The molecule has 8 heteroatoms. The Morgan fingerprint density at radius 2 is 2.07 bits per heavy atom. The molecule has 0 aromatic carbocycles. The SMILES string of the molecule is O=[N+]([O-])c1cnc(I)c(I)c1C(F)F. The molecule has 0 saturated heterocycles. The highest BCUT2D eigenvalue weighted by molar-refractivity contribution is 14.1. The zero-order chi connectivity index (χ0) is 10.9. The van der Waals surface area contributed by atoms with Gasteiger partial charge in [0.15, 0.2) is 0 Å². The second-order valence-electron chi connectivity index (χ2n) is 2.22. The molecule has 1 aromatic heterocycles. The van der Waals surface area contributed by atoms with Gasteiger partial charge in [-0.3, -0.25) is 10.1 Å². The minimum atomic E-state index is -2.86. The van der Waals surface area contributed by atoms with Crippen LogP contribution >= 0.6 is 45.2 Å². The number of nitro groups is 1. The molecule has 0 aliphatic carbocycles. The average molecular weight is 426 g/mol. The summed E-state index contributed by atoms with van der Waals surface area (Å²) in [6.07, 6.45) is -2.01. The predicted molar refractivity (Wildman–Crippen MR) is 61.3 cm³/mol. The first-order chi connectivity index (χ1) is 6.45. The summed E-state index contributed by atoms with van der Waals surface area (Å²) in [6.45, 7) is 0. The zero-order valence-electron chi connectivity index (χ0n) is 6.38. The third-order valence-electron chi connectivity index (χ3n) is 1.41. The normalized spacial score (nSPS) is 10.6. The standard InChI is InChI=1S/C6H2F2I2N2O2/c7-5(8)3-2(12(13)14)1-11-6(10)4(3)9/h1,5H. The van der Waals surface area contributed by atoms with Crippen LogP contribution in [0.15, 0.2) is 6.20 Å². The minimum absolute atomic E-state index is 0.132. The summed E-state index contributed by atoms with van der Waals surface area (Å²) in [6, 6.07) is 0. The molecular weight excluding hydrogens is 424 g/mol. The van der Waals surface area contributed by atoms with Gasteiger partial charge in [0, 0.05) is 0 Å². The van der Waals surface area contributed by atoms with Gasteiger partial charge in [-0.1, -0.05) is 0 Å². The van der Waals surface area contributed by atoms with E-state index in [1.54, 1.807) is 45.2 Å². The van der Waals surface area contributed by atoms with Crippen molar-refractivity contribution in [2.45, 2.75) is 6.43 Å². The number of hydrogen-bond acceptors (Lipinski definition) is 3. The molecular formula is C6H2F2I2N2O2. The first-order valence-electron chi connectivity index (χ1n) is 3.21. The lowest BCUT2D eigenvalue weighted by atomic mass is 10.2. The van der Waals surface area contributed by atoms with Crippen molar-refractivity contribution in [1.82, 2.24) is 4.98 Å². The van der Waals surface area contributed by atoms with Crippen molar-refractivity contribution in [3.05, 3.63) is 29.1 Å². The third kappa shape index (κ3) is 2.27. The molecule has 14 heavy (non-hydrogen) atoms. The Bertz CT molecular complexity index is 386. The molecule has 1 heterocycles. The fourth-order valence-corrected chi connectivity index (χ4v) is 1.90. The molecule has 1 aromatic rings. The largest absolute Gasteiger partial charge is 0.297 e. The Morgan fingerprint density at radius 3 is 2.50 bits per heavy atom. The third-order valence-corrected chi connectivity index (χ3v) is 4.35. The highest BCUT2D eigenvalue weighted by atomic mass is 127. The lowest BCUT2D eigenvalue weighted by Gasteiger charge is -2.04. The van der Waals surface area contributed by atoms with E-state index in [2.05, 4.69) is 4.98 Å². The summed E-state index contributed by atoms with van der Waals surface area (Å²) in [5.74, 6) is 0. The van der Waals surface area contributed by atoms with Crippen LogP contribution < -0.4 is 0 Å². The smallest absolute Gasteiger partial charge is 0.258 e. The number of nitrogens with zero attached hydrogens (tertiary/aromatic N) is 2. The average Bonchev–Trinajstić information content (AvgIpc) is 2.08. The summed E-state index contributed by atoms with van der Waals surface area (Å²) in [5, 5.41) is 10.4. The van der Waals surface area contributed by atoms with Gasteiger partial charge >= 0.3 is 0 Å². The summed E-state index contributed by atoms with van der Waals surface area (Å²) >= 11 is 3.37. The first-order valence-corrected chi connectivity index (χ1v) is 5.37. The van der Waals surface area contributed by atoms with Gasteiger partial charge in [-0.2, -0.15) is 0 Å². The number of rotatable bonds is 2. The summed E-state index contributed by atoms with van der Waals surface area (Å²) in [5.41, 5.74) is -1.19. The van der Waals surface area contributed by atoms with E-state index in [1.807, 2.05) is 0 Å². The van der Waals surface area contributed by atoms with E-state index in [1.165, 1.54) is 0 Å². The maximum atomic E-state index is 12.5. The van der Waals surface area contributed by atoms with E-state index in [4.69, 9.17) is 0 Å². The Hall–Kier alpha value is -0.130. The van der Waals surface area contributed by atoms with E-state index < -0.39 is 22.6 Å².